The fourth-order valence-electron chi connectivity index (χ4n) is 4.15. The monoisotopic (exact) mass is 397 g/mol. The quantitative estimate of drug-likeness (QED) is 0.772. The number of nitrogens with zero attached hydrogens (tertiary/aromatic N) is 5. The van der Waals surface area contributed by atoms with Gasteiger partial charge in [-0.1, -0.05) is 0 Å². The van der Waals surface area contributed by atoms with Crippen LogP contribution in [-0.4, -0.2) is 57.2 Å². The molecule has 9 nitrogen and oxygen atoms in total. The molecule has 2 atom stereocenters. The van der Waals surface area contributed by atoms with Crippen molar-refractivity contribution < 1.29 is 9.59 Å². The van der Waals surface area contributed by atoms with Gasteiger partial charge in [0.05, 0.1) is 17.5 Å². The highest BCUT2D eigenvalue weighted by Gasteiger charge is 2.28. The molecule has 0 radical (unpaired) electrons. The van der Waals surface area contributed by atoms with Crippen LogP contribution in [0.2, 0.25) is 0 Å². The lowest BCUT2D eigenvalue weighted by molar-refractivity contribution is -0.119. The van der Waals surface area contributed by atoms with Crippen molar-refractivity contribution in [1.29, 1.82) is 0 Å². The second-order valence-corrected chi connectivity index (χ2v) is 7.83. The average molecular weight is 397 g/mol. The predicted molar refractivity (Wildman–Crippen MR) is 107 cm³/mol. The van der Waals surface area contributed by atoms with Gasteiger partial charge in [-0.05, 0) is 37.7 Å². The lowest BCUT2D eigenvalue weighted by atomic mass is 9.94. The molecule has 1 fully saturated rings. The number of piperidine rings is 1. The third-order valence-electron chi connectivity index (χ3n) is 5.66. The molecule has 4 heterocycles. The van der Waals surface area contributed by atoms with E-state index in [-0.39, 0.29) is 17.9 Å². The maximum Gasteiger partial charge on any atom is 0.255 e. The number of anilines is 1. The molecule has 154 valence electrons. The van der Waals surface area contributed by atoms with Gasteiger partial charge < -0.3 is 15.5 Å². The zero-order chi connectivity index (χ0) is 20.2. The standard InChI is InChI=1S/C20H27N7O2/c1-14(28)23-11-15-5-9-27-18(10-15)17(12-24-27)19(29)25-16-4-2-8-26(13-16)20-21-6-3-7-22-20/h3,6-7,12,15-16H,2,4-5,8-11,13H2,1H3,(H,23,28)(H,25,29). The van der Waals surface area contributed by atoms with Gasteiger partial charge in [-0.15, -0.1) is 0 Å². The highest BCUT2D eigenvalue weighted by atomic mass is 16.2. The third kappa shape index (κ3) is 4.55. The number of hydrogen-bond acceptors (Lipinski definition) is 6. The first-order valence-corrected chi connectivity index (χ1v) is 10.2. The van der Waals surface area contributed by atoms with E-state index in [0.29, 0.717) is 30.5 Å². The Hall–Kier alpha value is -2.97. The zero-order valence-electron chi connectivity index (χ0n) is 16.7. The summed E-state index contributed by atoms with van der Waals surface area (Å²) < 4.78 is 1.92. The topological polar surface area (TPSA) is 105 Å². The molecule has 2 amide bonds. The number of amides is 2. The second-order valence-electron chi connectivity index (χ2n) is 7.83. The Bertz CT molecular complexity index is 867. The minimum Gasteiger partial charge on any atom is -0.356 e. The van der Waals surface area contributed by atoms with E-state index in [1.54, 1.807) is 24.7 Å². The van der Waals surface area contributed by atoms with Crippen LogP contribution in [-0.2, 0) is 17.8 Å². The summed E-state index contributed by atoms with van der Waals surface area (Å²) in [5.74, 6) is 0.934. The van der Waals surface area contributed by atoms with Crippen LogP contribution in [0.25, 0.3) is 0 Å². The van der Waals surface area contributed by atoms with Gasteiger partial charge in [-0.25, -0.2) is 9.97 Å². The third-order valence-corrected chi connectivity index (χ3v) is 5.66. The number of fused-ring (bicyclic) bond motifs is 1. The first kappa shape index (κ1) is 19.4. The fourth-order valence-corrected chi connectivity index (χ4v) is 4.15. The van der Waals surface area contributed by atoms with Crippen molar-refractivity contribution in [1.82, 2.24) is 30.4 Å². The van der Waals surface area contributed by atoms with Gasteiger partial charge in [-0.3, -0.25) is 14.3 Å². The molecule has 1 saturated heterocycles. The number of carbonyl (C=O) groups is 2. The first-order valence-electron chi connectivity index (χ1n) is 10.2. The van der Waals surface area contributed by atoms with Gasteiger partial charge in [0.1, 0.15) is 0 Å². The summed E-state index contributed by atoms with van der Waals surface area (Å²) in [4.78, 5) is 34.9. The Kier molecular flexibility index (Phi) is 5.73. The molecule has 2 aliphatic rings. The smallest absolute Gasteiger partial charge is 0.255 e. The van der Waals surface area contributed by atoms with Crippen LogP contribution in [0, 0.1) is 5.92 Å². The minimum absolute atomic E-state index is 0.0219. The van der Waals surface area contributed by atoms with Gasteiger partial charge in [0.25, 0.3) is 5.91 Å². The van der Waals surface area contributed by atoms with Crippen molar-refractivity contribution in [2.45, 2.75) is 45.2 Å². The van der Waals surface area contributed by atoms with Crippen molar-refractivity contribution in [3.05, 3.63) is 35.9 Å². The van der Waals surface area contributed by atoms with Crippen LogP contribution in [0.1, 0.15) is 42.2 Å². The largest absolute Gasteiger partial charge is 0.356 e. The van der Waals surface area contributed by atoms with E-state index < -0.39 is 0 Å². The number of aryl methyl sites for hydroxylation is 1. The number of carbonyl (C=O) groups excluding carboxylic acids is 2. The summed E-state index contributed by atoms with van der Waals surface area (Å²) in [5, 5.41) is 10.5. The van der Waals surface area contributed by atoms with Crippen LogP contribution < -0.4 is 15.5 Å². The van der Waals surface area contributed by atoms with Gasteiger partial charge in [0, 0.05) is 51.5 Å². The number of hydrogen-bond donors (Lipinski definition) is 2. The van der Waals surface area contributed by atoms with E-state index in [0.717, 1.165) is 44.5 Å². The van der Waals surface area contributed by atoms with Crippen molar-refractivity contribution >= 4 is 17.8 Å². The van der Waals surface area contributed by atoms with Crippen molar-refractivity contribution in [2.75, 3.05) is 24.5 Å². The van der Waals surface area contributed by atoms with Gasteiger partial charge in [0.2, 0.25) is 11.9 Å². The summed E-state index contributed by atoms with van der Waals surface area (Å²) in [5.41, 5.74) is 1.61. The fraction of sp³-hybridized carbons (Fsp3) is 0.550. The van der Waals surface area contributed by atoms with Crippen LogP contribution >= 0.6 is 0 Å². The van der Waals surface area contributed by atoms with E-state index in [2.05, 4.69) is 30.6 Å². The molecule has 0 aliphatic carbocycles. The Morgan fingerprint density at radius 2 is 2.03 bits per heavy atom. The molecule has 0 spiro atoms. The molecule has 29 heavy (non-hydrogen) atoms. The molecule has 2 aromatic rings. The Morgan fingerprint density at radius 1 is 1.21 bits per heavy atom. The van der Waals surface area contributed by atoms with E-state index in [9.17, 15) is 9.59 Å². The summed E-state index contributed by atoms with van der Waals surface area (Å²) in [6.07, 6.45) is 8.76. The minimum atomic E-state index is -0.0766. The van der Waals surface area contributed by atoms with Crippen molar-refractivity contribution in [3.8, 4) is 0 Å². The normalized spacial score (nSPS) is 21.3. The summed E-state index contributed by atoms with van der Waals surface area (Å²) in [6.45, 7) is 4.53. The molecule has 2 aromatic heterocycles. The Labute approximate surface area is 169 Å². The molecule has 2 unspecified atom stereocenters. The second kappa shape index (κ2) is 8.59. The van der Waals surface area contributed by atoms with Crippen LogP contribution in [0.4, 0.5) is 5.95 Å². The van der Waals surface area contributed by atoms with Gasteiger partial charge in [0.15, 0.2) is 0 Å². The molecule has 9 heteroatoms. The van der Waals surface area contributed by atoms with Crippen molar-refractivity contribution in [2.24, 2.45) is 5.92 Å². The molecular formula is C20H27N7O2. The molecule has 0 aromatic carbocycles. The maximum atomic E-state index is 13.0. The number of aromatic nitrogens is 4. The number of nitrogens with one attached hydrogen (secondary N) is 2. The van der Waals surface area contributed by atoms with E-state index in [1.807, 2.05) is 4.68 Å². The van der Waals surface area contributed by atoms with E-state index in [4.69, 9.17) is 0 Å². The Morgan fingerprint density at radius 3 is 2.83 bits per heavy atom. The van der Waals surface area contributed by atoms with Gasteiger partial charge >= 0.3 is 0 Å². The first-order chi connectivity index (χ1) is 14.1. The zero-order valence-corrected chi connectivity index (χ0v) is 16.7. The van der Waals surface area contributed by atoms with Crippen LogP contribution in [0.3, 0.4) is 0 Å². The molecule has 2 N–H and O–H groups in total. The molecule has 0 saturated carbocycles. The maximum absolute atomic E-state index is 13.0. The predicted octanol–water partition coefficient (Wildman–Crippen LogP) is 0.770. The van der Waals surface area contributed by atoms with E-state index >= 15 is 0 Å². The van der Waals surface area contributed by atoms with Crippen molar-refractivity contribution in [3.63, 3.8) is 0 Å². The molecule has 0 bridgehead atoms. The van der Waals surface area contributed by atoms with E-state index in [1.165, 1.54) is 6.92 Å². The highest BCUT2D eigenvalue weighted by molar-refractivity contribution is 5.95. The molecule has 4 rings (SSSR count). The Balaban J connectivity index is 1.39. The van der Waals surface area contributed by atoms with Crippen LogP contribution in [0.15, 0.2) is 24.7 Å². The summed E-state index contributed by atoms with van der Waals surface area (Å²) >= 11 is 0. The molecular weight excluding hydrogens is 370 g/mol. The number of rotatable bonds is 5. The lowest BCUT2D eigenvalue weighted by Crippen LogP contribution is -2.48. The lowest BCUT2D eigenvalue weighted by Gasteiger charge is -2.33. The SMILES string of the molecule is CC(=O)NCC1CCn2ncc(C(=O)NC3CCCN(c4ncccn4)C3)c2C1. The highest BCUT2D eigenvalue weighted by Crippen LogP contribution is 2.23. The van der Waals surface area contributed by atoms with Gasteiger partial charge in [-0.2, -0.15) is 5.10 Å². The summed E-state index contributed by atoms with van der Waals surface area (Å²) in [7, 11) is 0. The summed E-state index contributed by atoms with van der Waals surface area (Å²) in [6, 6.07) is 1.85. The van der Waals surface area contributed by atoms with Crippen LogP contribution in [0.5, 0.6) is 0 Å². The molecule has 2 aliphatic heterocycles. The average Bonchev–Trinajstić information content (AvgIpc) is 3.16.